The Kier molecular flexibility index (Phi) is 2.82. The number of rotatable bonds is 3. The van der Waals surface area contributed by atoms with Crippen LogP contribution in [0.3, 0.4) is 0 Å². The Bertz CT molecular complexity index is 257. The van der Waals surface area contributed by atoms with Crippen LogP contribution in [-0.2, 0) is 6.42 Å². The highest BCUT2D eigenvalue weighted by Crippen LogP contribution is 2.14. The summed E-state index contributed by atoms with van der Waals surface area (Å²) in [5, 5.41) is 12.6. The van der Waals surface area contributed by atoms with Crippen LogP contribution in [0, 0.1) is 6.92 Å². The van der Waals surface area contributed by atoms with Crippen molar-refractivity contribution in [3.05, 3.63) is 16.1 Å². The third kappa shape index (κ3) is 2.55. The Hall–Kier alpha value is -0.450. The fraction of sp³-hybridized carbons (Fsp3) is 0.625. The Morgan fingerprint density at radius 1 is 1.75 bits per heavy atom. The fourth-order valence-electron chi connectivity index (χ4n) is 0.952. The zero-order chi connectivity index (χ0) is 9.19. The van der Waals surface area contributed by atoms with Crippen molar-refractivity contribution in [2.75, 3.05) is 6.54 Å². The quantitative estimate of drug-likeness (QED) is 0.730. The maximum Gasteiger partial charge on any atom is 0.0897 e. The molecule has 0 bridgehead atoms. The lowest BCUT2D eigenvalue weighted by atomic mass is 10.0. The minimum atomic E-state index is -0.819. The lowest BCUT2D eigenvalue weighted by Crippen LogP contribution is -2.36. The molecule has 1 atom stereocenters. The van der Waals surface area contributed by atoms with Gasteiger partial charge in [-0.1, -0.05) is 0 Å². The van der Waals surface area contributed by atoms with E-state index in [1.807, 2.05) is 12.3 Å². The molecule has 1 rings (SSSR count). The van der Waals surface area contributed by atoms with E-state index in [0.29, 0.717) is 6.42 Å². The van der Waals surface area contributed by atoms with Gasteiger partial charge in [-0.05, 0) is 13.8 Å². The average Bonchev–Trinajstić information content (AvgIpc) is 2.35. The standard InChI is InChI=1S/C8H14N2OS/c1-6-10-7(4-12-6)3-8(2,11)5-9/h4,11H,3,5,9H2,1-2H3. The molecule has 1 heterocycles. The van der Waals surface area contributed by atoms with Crippen molar-refractivity contribution in [2.24, 2.45) is 5.73 Å². The van der Waals surface area contributed by atoms with E-state index in [4.69, 9.17) is 5.73 Å². The minimum absolute atomic E-state index is 0.267. The normalized spacial score (nSPS) is 16.0. The molecule has 12 heavy (non-hydrogen) atoms. The molecule has 4 heteroatoms. The SMILES string of the molecule is Cc1nc(CC(C)(O)CN)cs1. The molecule has 68 valence electrons. The molecule has 3 N–H and O–H groups in total. The van der Waals surface area contributed by atoms with Crippen molar-refractivity contribution >= 4 is 11.3 Å². The summed E-state index contributed by atoms with van der Waals surface area (Å²) in [6.07, 6.45) is 0.536. The second-order valence-corrected chi connectivity index (χ2v) is 4.30. The molecule has 3 nitrogen and oxygen atoms in total. The van der Waals surface area contributed by atoms with Crippen molar-refractivity contribution in [3.8, 4) is 0 Å². The van der Waals surface area contributed by atoms with Crippen LogP contribution in [0.1, 0.15) is 17.6 Å². The highest BCUT2D eigenvalue weighted by atomic mass is 32.1. The Morgan fingerprint density at radius 2 is 2.42 bits per heavy atom. The summed E-state index contributed by atoms with van der Waals surface area (Å²) in [6, 6.07) is 0. The summed E-state index contributed by atoms with van der Waals surface area (Å²) >= 11 is 1.59. The van der Waals surface area contributed by atoms with Crippen LogP contribution in [0.5, 0.6) is 0 Å². The molecule has 0 aromatic carbocycles. The molecule has 0 aliphatic carbocycles. The van der Waals surface area contributed by atoms with Gasteiger partial charge in [-0.15, -0.1) is 11.3 Å². The summed E-state index contributed by atoms with van der Waals surface area (Å²) in [5.41, 5.74) is 5.49. The number of hydrogen-bond donors (Lipinski definition) is 2. The molecular weight excluding hydrogens is 172 g/mol. The van der Waals surface area contributed by atoms with Crippen LogP contribution in [0.2, 0.25) is 0 Å². The third-order valence-electron chi connectivity index (χ3n) is 1.67. The zero-order valence-electron chi connectivity index (χ0n) is 7.37. The van der Waals surface area contributed by atoms with Gasteiger partial charge in [-0.3, -0.25) is 0 Å². The summed E-state index contributed by atoms with van der Waals surface area (Å²) in [5.74, 6) is 0. The van der Waals surface area contributed by atoms with Crippen LogP contribution in [0.25, 0.3) is 0 Å². The Morgan fingerprint density at radius 3 is 2.83 bits per heavy atom. The lowest BCUT2D eigenvalue weighted by molar-refractivity contribution is 0.0688. The van der Waals surface area contributed by atoms with Gasteiger partial charge < -0.3 is 10.8 Å². The summed E-state index contributed by atoms with van der Waals surface area (Å²) < 4.78 is 0. The van der Waals surface area contributed by atoms with E-state index < -0.39 is 5.60 Å². The first-order chi connectivity index (χ1) is 5.53. The van der Waals surface area contributed by atoms with Gasteiger partial charge in [-0.25, -0.2) is 4.98 Å². The van der Waals surface area contributed by atoms with Crippen molar-refractivity contribution in [1.82, 2.24) is 4.98 Å². The summed E-state index contributed by atoms with van der Waals surface area (Å²) in [6.45, 7) is 3.94. The first-order valence-corrected chi connectivity index (χ1v) is 4.75. The van der Waals surface area contributed by atoms with Crippen LogP contribution >= 0.6 is 11.3 Å². The largest absolute Gasteiger partial charge is 0.388 e. The number of hydrogen-bond acceptors (Lipinski definition) is 4. The molecule has 0 radical (unpaired) electrons. The average molecular weight is 186 g/mol. The second kappa shape index (κ2) is 3.51. The molecule has 0 aliphatic rings. The Balaban J connectivity index is 2.63. The maximum absolute atomic E-state index is 9.63. The Labute approximate surface area is 76.3 Å². The van der Waals surface area contributed by atoms with E-state index >= 15 is 0 Å². The molecule has 0 fully saturated rings. The van der Waals surface area contributed by atoms with E-state index in [2.05, 4.69) is 4.98 Å². The van der Waals surface area contributed by atoms with Gasteiger partial charge in [0.25, 0.3) is 0 Å². The minimum Gasteiger partial charge on any atom is -0.388 e. The van der Waals surface area contributed by atoms with E-state index in [1.165, 1.54) is 0 Å². The molecular formula is C8H14N2OS. The lowest BCUT2D eigenvalue weighted by Gasteiger charge is -2.19. The van der Waals surface area contributed by atoms with Gasteiger partial charge in [0.2, 0.25) is 0 Å². The highest BCUT2D eigenvalue weighted by molar-refractivity contribution is 7.09. The van der Waals surface area contributed by atoms with E-state index in [1.54, 1.807) is 18.3 Å². The number of thiazole rings is 1. The highest BCUT2D eigenvalue weighted by Gasteiger charge is 2.19. The van der Waals surface area contributed by atoms with Crippen LogP contribution in [0.4, 0.5) is 0 Å². The number of nitrogens with two attached hydrogens (primary N) is 1. The number of aliphatic hydroxyl groups is 1. The molecule has 0 saturated carbocycles. The van der Waals surface area contributed by atoms with Crippen molar-refractivity contribution < 1.29 is 5.11 Å². The van der Waals surface area contributed by atoms with Crippen LogP contribution in [0.15, 0.2) is 5.38 Å². The van der Waals surface area contributed by atoms with Gasteiger partial charge >= 0.3 is 0 Å². The molecule has 0 amide bonds. The second-order valence-electron chi connectivity index (χ2n) is 3.24. The topological polar surface area (TPSA) is 59.1 Å². The first kappa shape index (κ1) is 9.64. The monoisotopic (exact) mass is 186 g/mol. The van der Waals surface area contributed by atoms with Gasteiger partial charge in [0.1, 0.15) is 0 Å². The zero-order valence-corrected chi connectivity index (χ0v) is 8.19. The predicted molar refractivity (Wildman–Crippen MR) is 50.2 cm³/mol. The number of nitrogens with zero attached hydrogens (tertiary/aromatic N) is 1. The molecule has 1 unspecified atom stereocenters. The molecule has 1 aromatic rings. The van der Waals surface area contributed by atoms with E-state index in [0.717, 1.165) is 10.7 Å². The molecule has 0 saturated heterocycles. The molecule has 0 aliphatic heterocycles. The first-order valence-electron chi connectivity index (χ1n) is 3.87. The summed E-state index contributed by atoms with van der Waals surface area (Å²) in [4.78, 5) is 4.25. The van der Waals surface area contributed by atoms with Gasteiger partial charge in [0.05, 0.1) is 16.3 Å². The number of aromatic nitrogens is 1. The number of aryl methyl sites for hydroxylation is 1. The van der Waals surface area contributed by atoms with Crippen LogP contribution < -0.4 is 5.73 Å². The van der Waals surface area contributed by atoms with E-state index in [-0.39, 0.29) is 6.54 Å². The molecule has 0 spiro atoms. The van der Waals surface area contributed by atoms with E-state index in [9.17, 15) is 5.11 Å². The van der Waals surface area contributed by atoms with Gasteiger partial charge in [-0.2, -0.15) is 0 Å². The predicted octanol–water partition coefficient (Wildman–Crippen LogP) is 0.704. The smallest absolute Gasteiger partial charge is 0.0897 e. The molecule has 1 aromatic heterocycles. The van der Waals surface area contributed by atoms with Crippen molar-refractivity contribution in [1.29, 1.82) is 0 Å². The van der Waals surface area contributed by atoms with Gasteiger partial charge in [0.15, 0.2) is 0 Å². The van der Waals surface area contributed by atoms with Crippen molar-refractivity contribution in [3.63, 3.8) is 0 Å². The fourth-order valence-corrected chi connectivity index (χ4v) is 1.56. The maximum atomic E-state index is 9.63. The third-order valence-corrected chi connectivity index (χ3v) is 2.49. The van der Waals surface area contributed by atoms with Crippen molar-refractivity contribution in [2.45, 2.75) is 25.9 Å². The van der Waals surface area contributed by atoms with Crippen LogP contribution in [-0.4, -0.2) is 22.2 Å². The van der Waals surface area contributed by atoms with Gasteiger partial charge in [0, 0.05) is 18.3 Å². The summed E-state index contributed by atoms with van der Waals surface area (Å²) in [7, 11) is 0.